The predicted molar refractivity (Wildman–Crippen MR) is 57.3 cm³/mol. The van der Waals surface area contributed by atoms with Crippen molar-refractivity contribution in [3.63, 3.8) is 0 Å². The van der Waals surface area contributed by atoms with E-state index in [9.17, 15) is 0 Å². The minimum absolute atomic E-state index is 0.712. The van der Waals surface area contributed by atoms with Crippen LogP contribution in [0.2, 0.25) is 0 Å². The molecule has 0 aliphatic carbocycles. The van der Waals surface area contributed by atoms with E-state index in [1.54, 1.807) is 0 Å². The molecule has 2 rings (SSSR count). The third-order valence-electron chi connectivity index (χ3n) is 3.02. The van der Waals surface area contributed by atoms with Gasteiger partial charge in [-0.1, -0.05) is 6.92 Å². The van der Waals surface area contributed by atoms with Crippen molar-refractivity contribution in [1.82, 2.24) is 9.78 Å². The largest absolute Gasteiger partial charge is 0.330 e. The molecule has 3 nitrogen and oxygen atoms in total. The number of aryl methyl sites for hydroxylation is 1. The number of rotatable bonds is 3. The van der Waals surface area contributed by atoms with E-state index in [0.717, 1.165) is 19.4 Å². The highest BCUT2D eigenvalue weighted by Gasteiger charge is 2.17. The van der Waals surface area contributed by atoms with E-state index in [-0.39, 0.29) is 0 Å². The first-order valence-electron chi connectivity index (χ1n) is 5.64. The monoisotopic (exact) mass is 193 g/mol. The highest BCUT2D eigenvalue weighted by Crippen LogP contribution is 2.22. The van der Waals surface area contributed by atoms with Gasteiger partial charge in [-0.2, -0.15) is 5.10 Å². The Morgan fingerprint density at radius 2 is 2.29 bits per heavy atom. The summed E-state index contributed by atoms with van der Waals surface area (Å²) in [5, 5.41) is 4.65. The molecule has 2 heterocycles. The smallest absolute Gasteiger partial charge is 0.0671 e. The van der Waals surface area contributed by atoms with Crippen LogP contribution >= 0.6 is 0 Å². The van der Waals surface area contributed by atoms with E-state index in [2.05, 4.69) is 16.7 Å². The van der Waals surface area contributed by atoms with E-state index >= 15 is 0 Å². The maximum Gasteiger partial charge on any atom is 0.0671 e. The molecule has 2 N–H and O–H groups in total. The molecule has 1 aliphatic rings. The maximum atomic E-state index is 5.59. The molecule has 0 aromatic carbocycles. The van der Waals surface area contributed by atoms with E-state index in [1.165, 1.54) is 36.2 Å². The quantitative estimate of drug-likeness (QED) is 0.786. The van der Waals surface area contributed by atoms with Crippen LogP contribution in [0.25, 0.3) is 0 Å². The fourth-order valence-corrected chi connectivity index (χ4v) is 2.35. The SMILES string of the molecule is CCc1c(CCN)nn2c1CCCC2. The summed E-state index contributed by atoms with van der Waals surface area (Å²) in [5.74, 6) is 0. The van der Waals surface area contributed by atoms with Crippen molar-refractivity contribution in [2.24, 2.45) is 5.73 Å². The summed E-state index contributed by atoms with van der Waals surface area (Å²) < 4.78 is 2.20. The number of aromatic nitrogens is 2. The van der Waals surface area contributed by atoms with Gasteiger partial charge >= 0.3 is 0 Å². The van der Waals surface area contributed by atoms with Crippen molar-refractivity contribution in [3.05, 3.63) is 17.0 Å². The number of nitrogens with two attached hydrogens (primary N) is 1. The van der Waals surface area contributed by atoms with Gasteiger partial charge in [-0.05, 0) is 37.8 Å². The predicted octanol–water partition coefficient (Wildman–Crippen LogP) is 1.28. The zero-order valence-electron chi connectivity index (χ0n) is 8.92. The van der Waals surface area contributed by atoms with E-state index < -0.39 is 0 Å². The van der Waals surface area contributed by atoms with Gasteiger partial charge in [0, 0.05) is 18.7 Å². The van der Waals surface area contributed by atoms with Gasteiger partial charge in [-0.3, -0.25) is 4.68 Å². The molecule has 0 atom stereocenters. The summed E-state index contributed by atoms with van der Waals surface area (Å²) in [7, 11) is 0. The second kappa shape index (κ2) is 4.13. The van der Waals surface area contributed by atoms with Crippen LogP contribution in [-0.2, 0) is 25.8 Å². The average molecular weight is 193 g/mol. The molecular weight excluding hydrogens is 174 g/mol. The number of nitrogens with zero attached hydrogens (tertiary/aromatic N) is 2. The molecule has 1 aliphatic heterocycles. The Hall–Kier alpha value is -0.830. The van der Waals surface area contributed by atoms with Crippen molar-refractivity contribution in [2.75, 3.05) is 6.54 Å². The number of hydrogen-bond acceptors (Lipinski definition) is 2. The van der Waals surface area contributed by atoms with Gasteiger partial charge in [-0.15, -0.1) is 0 Å². The Labute approximate surface area is 85.3 Å². The fraction of sp³-hybridized carbons (Fsp3) is 0.727. The minimum atomic E-state index is 0.712. The average Bonchev–Trinajstić information content (AvgIpc) is 2.55. The van der Waals surface area contributed by atoms with Crippen LogP contribution in [0.1, 0.15) is 36.7 Å². The minimum Gasteiger partial charge on any atom is -0.330 e. The lowest BCUT2D eigenvalue weighted by Crippen LogP contribution is -2.11. The molecule has 0 fully saturated rings. The van der Waals surface area contributed by atoms with Crippen LogP contribution in [-0.4, -0.2) is 16.3 Å². The lowest BCUT2D eigenvalue weighted by atomic mass is 10.0. The summed E-state index contributed by atoms with van der Waals surface area (Å²) in [6.07, 6.45) is 5.84. The summed E-state index contributed by atoms with van der Waals surface area (Å²) in [6.45, 7) is 4.03. The number of fused-ring (bicyclic) bond motifs is 1. The second-order valence-corrected chi connectivity index (χ2v) is 3.94. The molecule has 1 aromatic rings. The van der Waals surface area contributed by atoms with Crippen LogP contribution in [0, 0.1) is 0 Å². The van der Waals surface area contributed by atoms with Crippen molar-refractivity contribution in [1.29, 1.82) is 0 Å². The Morgan fingerprint density at radius 3 is 3.00 bits per heavy atom. The lowest BCUT2D eigenvalue weighted by Gasteiger charge is -2.13. The van der Waals surface area contributed by atoms with Crippen molar-refractivity contribution < 1.29 is 0 Å². The summed E-state index contributed by atoms with van der Waals surface area (Å²) >= 11 is 0. The van der Waals surface area contributed by atoms with Gasteiger partial charge in [0.1, 0.15) is 0 Å². The van der Waals surface area contributed by atoms with Gasteiger partial charge in [0.05, 0.1) is 5.69 Å². The summed E-state index contributed by atoms with van der Waals surface area (Å²) in [5.41, 5.74) is 9.78. The van der Waals surface area contributed by atoms with Gasteiger partial charge < -0.3 is 5.73 Å². The molecule has 0 radical (unpaired) electrons. The Bertz CT molecular complexity index is 315. The van der Waals surface area contributed by atoms with E-state index in [0.29, 0.717) is 6.54 Å². The first kappa shape index (κ1) is 9.71. The molecule has 0 saturated carbocycles. The van der Waals surface area contributed by atoms with Gasteiger partial charge in [0.25, 0.3) is 0 Å². The third kappa shape index (κ3) is 1.57. The van der Waals surface area contributed by atoms with Crippen LogP contribution in [0.4, 0.5) is 0 Å². The molecule has 78 valence electrons. The van der Waals surface area contributed by atoms with E-state index in [1.807, 2.05) is 0 Å². The van der Waals surface area contributed by atoms with Crippen LogP contribution in [0.3, 0.4) is 0 Å². The molecule has 3 heteroatoms. The number of hydrogen-bond donors (Lipinski definition) is 1. The van der Waals surface area contributed by atoms with Crippen molar-refractivity contribution in [2.45, 2.75) is 45.6 Å². The third-order valence-corrected chi connectivity index (χ3v) is 3.02. The molecule has 0 saturated heterocycles. The first-order valence-corrected chi connectivity index (χ1v) is 5.64. The molecule has 0 amide bonds. The summed E-state index contributed by atoms with van der Waals surface area (Å²) in [6, 6.07) is 0. The van der Waals surface area contributed by atoms with Crippen LogP contribution in [0.15, 0.2) is 0 Å². The van der Waals surface area contributed by atoms with Crippen LogP contribution < -0.4 is 5.73 Å². The Balaban J connectivity index is 2.36. The molecule has 14 heavy (non-hydrogen) atoms. The highest BCUT2D eigenvalue weighted by molar-refractivity contribution is 5.27. The fourth-order valence-electron chi connectivity index (χ4n) is 2.35. The second-order valence-electron chi connectivity index (χ2n) is 3.94. The topological polar surface area (TPSA) is 43.8 Å². The Morgan fingerprint density at radius 1 is 1.43 bits per heavy atom. The maximum absolute atomic E-state index is 5.59. The van der Waals surface area contributed by atoms with E-state index in [4.69, 9.17) is 5.73 Å². The molecule has 0 bridgehead atoms. The summed E-state index contributed by atoms with van der Waals surface area (Å²) in [4.78, 5) is 0. The first-order chi connectivity index (χ1) is 6.86. The van der Waals surface area contributed by atoms with Gasteiger partial charge in [-0.25, -0.2) is 0 Å². The zero-order chi connectivity index (χ0) is 9.97. The van der Waals surface area contributed by atoms with Gasteiger partial charge in [0.15, 0.2) is 0 Å². The van der Waals surface area contributed by atoms with Crippen molar-refractivity contribution >= 4 is 0 Å². The Kier molecular flexibility index (Phi) is 2.87. The molecule has 1 aromatic heterocycles. The zero-order valence-corrected chi connectivity index (χ0v) is 8.92. The molecular formula is C11H19N3. The standard InChI is InChI=1S/C11H19N3/c1-2-9-10(6-7-12)13-14-8-4-3-5-11(9)14/h2-8,12H2,1H3. The van der Waals surface area contributed by atoms with Crippen LogP contribution in [0.5, 0.6) is 0 Å². The molecule has 0 spiro atoms. The lowest BCUT2D eigenvalue weighted by molar-refractivity contribution is 0.482. The van der Waals surface area contributed by atoms with Gasteiger partial charge in [0.2, 0.25) is 0 Å². The normalized spacial score (nSPS) is 15.6. The highest BCUT2D eigenvalue weighted by atomic mass is 15.3. The van der Waals surface area contributed by atoms with Crippen molar-refractivity contribution in [3.8, 4) is 0 Å². The molecule has 0 unspecified atom stereocenters.